The molecule has 0 aliphatic carbocycles. The van der Waals surface area contributed by atoms with E-state index >= 15 is 0 Å². The topological polar surface area (TPSA) is 64.6 Å². The molecule has 2 saturated heterocycles. The summed E-state index contributed by atoms with van der Waals surface area (Å²) >= 11 is 0. The van der Waals surface area contributed by atoms with Crippen LogP contribution in [-0.4, -0.2) is 70.1 Å². The molecular formula is C25H30F6N6O. The Labute approximate surface area is 216 Å². The minimum atomic E-state index is -4.51. The molecule has 0 radical (unpaired) electrons. The predicted molar refractivity (Wildman–Crippen MR) is 128 cm³/mol. The second kappa shape index (κ2) is 11.0. The highest BCUT2D eigenvalue weighted by Gasteiger charge is 2.36. The van der Waals surface area contributed by atoms with Crippen molar-refractivity contribution in [3.8, 4) is 0 Å². The molecule has 38 heavy (non-hydrogen) atoms. The highest BCUT2D eigenvalue weighted by Crippen LogP contribution is 2.30. The molecule has 2 aromatic rings. The molecule has 0 unspecified atom stereocenters. The minimum absolute atomic E-state index is 0.0259. The van der Waals surface area contributed by atoms with Crippen molar-refractivity contribution in [3.05, 3.63) is 53.3 Å². The normalized spacial score (nSPS) is 22.0. The van der Waals surface area contributed by atoms with Gasteiger partial charge in [0.1, 0.15) is 0 Å². The summed E-state index contributed by atoms with van der Waals surface area (Å²) in [5.74, 6) is 0.192. The van der Waals surface area contributed by atoms with Crippen LogP contribution in [0.25, 0.3) is 0 Å². The standard InChI is InChI=1S/C25H30F6N6O/c1-16-13-36(22-32-11-20(12-33-22)25(29,30)31)14-17(2)37(16)23(38)34-21-7-9-35(10-8-21)15-18-3-5-19(6-4-18)24(26,27)28/h3-6,11-12,16-17,21H,7-10,13-15H2,1-2H3,(H,34,38)/t16-,17+. The van der Waals surface area contributed by atoms with Gasteiger partial charge in [0.05, 0.1) is 11.1 Å². The summed E-state index contributed by atoms with van der Waals surface area (Å²) < 4.78 is 76.7. The maximum Gasteiger partial charge on any atom is 0.419 e. The first-order valence-electron chi connectivity index (χ1n) is 12.4. The molecule has 0 bridgehead atoms. The van der Waals surface area contributed by atoms with Gasteiger partial charge in [-0.1, -0.05) is 12.1 Å². The molecule has 7 nitrogen and oxygen atoms in total. The summed E-state index contributed by atoms with van der Waals surface area (Å²) in [7, 11) is 0. The molecule has 2 aliphatic rings. The maximum absolute atomic E-state index is 13.1. The SMILES string of the molecule is C[C@@H]1CN(c2ncc(C(F)(F)F)cn2)C[C@H](C)N1C(=O)NC1CCN(Cc2ccc(C(F)(F)F)cc2)CC1. The largest absolute Gasteiger partial charge is 0.419 e. The summed E-state index contributed by atoms with van der Waals surface area (Å²) in [5.41, 5.74) is -0.775. The molecule has 3 heterocycles. The fourth-order valence-electron chi connectivity index (χ4n) is 5.06. The van der Waals surface area contributed by atoms with Gasteiger partial charge in [-0.25, -0.2) is 14.8 Å². The lowest BCUT2D eigenvalue weighted by Crippen LogP contribution is -2.62. The monoisotopic (exact) mass is 544 g/mol. The summed E-state index contributed by atoms with van der Waals surface area (Å²) in [6.45, 7) is 6.47. The summed E-state index contributed by atoms with van der Waals surface area (Å²) in [5, 5.41) is 3.10. The number of piperidine rings is 1. The lowest BCUT2D eigenvalue weighted by atomic mass is 10.0. The number of urea groups is 1. The fraction of sp³-hybridized carbons (Fsp3) is 0.560. The zero-order valence-electron chi connectivity index (χ0n) is 21.1. The number of nitrogens with zero attached hydrogens (tertiary/aromatic N) is 5. The smallest absolute Gasteiger partial charge is 0.337 e. The summed E-state index contributed by atoms with van der Waals surface area (Å²) in [6.07, 6.45) is -5.90. The summed E-state index contributed by atoms with van der Waals surface area (Å²) in [6, 6.07) is 4.52. The van der Waals surface area contributed by atoms with Gasteiger partial charge in [-0.05, 0) is 44.4 Å². The first-order chi connectivity index (χ1) is 17.8. The number of alkyl halides is 6. The number of benzene rings is 1. The Bertz CT molecular complexity index is 1070. The van der Waals surface area contributed by atoms with E-state index in [1.54, 1.807) is 9.80 Å². The van der Waals surface area contributed by atoms with Crippen molar-refractivity contribution in [1.82, 2.24) is 25.1 Å². The second-order valence-electron chi connectivity index (χ2n) is 9.97. The molecule has 2 atom stereocenters. The van der Waals surface area contributed by atoms with E-state index in [4.69, 9.17) is 0 Å². The van der Waals surface area contributed by atoms with Crippen LogP contribution in [0, 0.1) is 0 Å². The van der Waals surface area contributed by atoms with E-state index in [1.165, 1.54) is 12.1 Å². The van der Waals surface area contributed by atoms with Crippen LogP contribution < -0.4 is 10.2 Å². The zero-order valence-corrected chi connectivity index (χ0v) is 21.1. The molecule has 1 aromatic carbocycles. The molecule has 208 valence electrons. The second-order valence-corrected chi connectivity index (χ2v) is 9.97. The van der Waals surface area contributed by atoms with Crippen molar-refractivity contribution < 1.29 is 31.1 Å². The number of likely N-dealkylation sites (tertiary alicyclic amines) is 1. The van der Waals surface area contributed by atoms with E-state index in [0.29, 0.717) is 45.6 Å². The number of nitrogens with one attached hydrogen (secondary N) is 1. The van der Waals surface area contributed by atoms with Gasteiger partial charge < -0.3 is 15.1 Å². The number of amides is 2. The molecular weight excluding hydrogens is 514 g/mol. The Hall–Kier alpha value is -3.09. The number of anilines is 1. The van der Waals surface area contributed by atoms with E-state index < -0.39 is 23.5 Å². The molecule has 2 fully saturated rings. The van der Waals surface area contributed by atoms with Gasteiger partial charge in [-0.15, -0.1) is 0 Å². The Morgan fingerprint density at radius 3 is 1.92 bits per heavy atom. The van der Waals surface area contributed by atoms with E-state index in [0.717, 1.165) is 30.1 Å². The Kier molecular flexibility index (Phi) is 8.05. The highest BCUT2D eigenvalue weighted by atomic mass is 19.4. The average Bonchev–Trinajstić information content (AvgIpc) is 2.84. The molecule has 13 heteroatoms. The molecule has 0 spiro atoms. The number of aromatic nitrogens is 2. The van der Waals surface area contributed by atoms with Gasteiger partial charge in [0.25, 0.3) is 0 Å². The third-order valence-electron chi connectivity index (χ3n) is 7.00. The average molecular weight is 545 g/mol. The third kappa shape index (κ3) is 6.66. The van der Waals surface area contributed by atoms with Gasteiger partial charge in [-0.2, -0.15) is 26.3 Å². The van der Waals surface area contributed by atoms with E-state index in [-0.39, 0.29) is 30.1 Å². The van der Waals surface area contributed by atoms with Crippen molar-refractivity contribution in [1.29, 1.82) is 0 Å². The number of halogens is 6. The van der Waals surface area contributed by atoms with Crippen molar-refractivity contribution in [2.24, 2.45) is 0 Å². The molecule has 1 N–H and O–H groups in total. The van der Waals surface area contributed by atoms with E-state index in [9.17, 15) is 31.1 Å². The van der Waals surface area contributed by atoms with E-state index in [2.05, 4.69) is 20.2 Å². The number of piperazine rings is 1. The van der Waals surface area contributed by atoms with Gasteiger partial charge in [0.15, 0.2) is 0 Å². The first kappa shape index (κ1) is 27.9. The van der Waals surface area contributed by atoms with Gasteiger partial charge >= 0.3 is 18.4 Å². The van der Waals surface area contributed by atoms with Crippen LogP contribution in [-0.2, 0) is 18.9 Å². The highest BCUT2D eigenvalue weighted by molar-refractivity contribution is 5.75. The molecule has 2 aliphatic heterocycles. The van der Waals surface area contributed by atoms with Crippen LogP contribution in [0.4, 0.5) is 37.1 Å². The van der Waals surface area contributed by atoms with Gasteiger partial charge in [0, 0.05) is 63.2 Å². The van der Waals surface area contributed by atoms with Crippen molar-refractivity contribution in [2.45, 2.75) is 63.7 Å². The molecule has 1 aromatic heterocycles. The van der Waals surface area contributed by atoms with Crippen LogP contribution >= 0.6 is 0 Å². The van der Waals surface area contributed by atoms with Crippen LogP contribution in [0.5, 0.6) is 0 Å². The zero-order chi connectivity index (χ0) is 27.7. The lowest BCUT2D eigenvalue weighted by Gasteiger charge is -2.45. The molecule has 4 rings (SSSR count). The van der Waals surface area contributed by atoms with Gasteiger partial charge in [0.2, 0.25) is 5.95 Å². The quantitative estimate of drug-likeness (QED) is 0.561. The van der Waals surface area contributed by atoms with Crippen LogP contribution in [0.3, 0.4) is 0 Å². The van der Waals surface area contributed by atoms with Crippen LogP contribution in [0.15, 0.2) is 36.7 Å². The number of rotatable bonds is 4. The minimum Gasteiger partial charge on any atom is -0.337 e. The number of hydrogen-bond donors (Lipinski definition) is 1. The number of carbonyl (C=O) groups is 1. The van der Waals surface area contributed by atoms with Gasteiger partial charge in [-0.3, -0.25) is 4.90 Å². The molecule has 0 saturated carbocycles. The van der Waals surface area contributed by atoms with E-state index in [1.807, 2.05) is 13.8 Å². The summed E-state index contributed by atoms with van der Waals surface area (Å²) in [4.78, 5) is 26.5. The van der Waals surface area contributed by atoms with Crippen LogP contribution in [0.1, 0.15) is 43.4 Å². The Morgan fingerprint density at radius 1 is 0.895 bits per heavy atom. The first-order valence-corrected chi connectivity index (χ1v) is 12.4. The van der Waals surface area contributed by atoms with Crippen molar-refractivity contribution >= 4 is 12.0 Å². The predicted octanol–water partition coefficient (Wildman–Crippen LogP) is 4.79. The maximum atomic E-state index is 13.1. The molecule has 2 amide bonds. The lowest BCUT2D eigenvalue weighted by molar-refractivity contribution is -0.138. The van der Waals surface area contributed by atoms with Crippen LogP contribution in [0.2, 0.25) is 0 Å². The number of carbonyl (C=O) groups excluding carboxylic acids is 1. The van der Waals surface area contributed by atoms with Crippen molar-refractivity contribution in [3.63, 3.8) is 0 Å². The Balaban J connectivity index is 1.26. The third-order valence-corrected chi connectivity index (χ3v) is 7.00. The van der Waals surface area contributed by atoms with Crippen molar-refractivity contribution in [2.75, 3.05) is 31.1 Å². The number of hydrogen-bond acceptors (Lipinski definition) is 5. The Morgan fingerprint density at radius 2 is 1.42 bits per heavy atom. The fourth-order valence-corrected chi connectivity index (χ4v) is 5.06.